The Bertz CT molecular complexity index is 152. The summed E-state index contributed by atoms with van der Waals surface area (Å²) < 4.78 is 5.22. The van der Waals surface area contributed by atoms with Crippen molar-refractivity contribution in [2.45, 2.75) is 39.7 Å². The van der Waals surface area contributed by atoms with E-state index in [4.69, 9.17) is 4.74 Å². The van der Waals surface area contributed by atoms with E-state index in [0.29, 0.717) is 18.3 Å². The van der Waals surface area contributed by atoms with Gasteiger partial charge in [-0.1, -0.05) is 20.8 Å². The lowest BCUT2D eigenvalue weighted by molar-refractivity contribution is -0.161. The number of carbonyl (C=O) groups excluding carboxylic acids is 1. The fraction of sp³-hybridized carbons (Fsp3) is 0.889. The van der Waals surface area contributed by atoms with Gasteiger partial charge in [0.05, 0.1) is 0 Å². The highest BCUT2D eigenvalue weighted by Gasteiger charge is 2.29. The zero-order valence-corrected chi connectivity index (χ0v) is 7.46. The molecule has 11 heavy (non-hydrogen) atoms. The Morgan fingerprint density at radius 1 is 1.55 bits per heavy atom. The number of carbonyl (C=O) groups is 1. The van der Waals surface area contributed by atoms with Crippen LogP contribution in [0.5, 0.6) is 0 Å². The smallest absolute Gasteiger partial charge is 0.306 e. The first-order valence-corrected chi connectivity index (χ1v) is 4.30. The maximum Gasteiger partial charge on any atom is 0.306 e. The fourth-order valence-corrected chi connectivity index (χ4v) is 1.63. The Labute approximate surface area is 67.9 Å². The van der Waals surface area contributed by atoms with Gasteiger partial charge in [0, 0.05) is 6.42 Å². The zero-order valence-electron chi connectivity index (χ0n) is 7.46. The second kappa shape index (κ2) is 3.24. The number of hydrogen-bond acceptors (Lipinski definition) is 2. The molecule has 1 rings (SSSR count). The SMILES string of the molecule is CC(C)[C@H]1OC(=O)CC[C@H]1C. The summed E-state index contributed by atoms with van der Waals surface area (Å²) in [6.45, 7) is 6.34. The largest absolute Gasteiger partial charge is 0.462 e. The fourth-order valence-electron chi connectivity index (χ4n) is 1.63. The van der Waals surface area contributed by atoms with Gasteiger partial charge < -0.3 is 4.74 Å². The Morgan fingerprint density at radius 2 is 2.18 bits per heavy atom. The van der Waals surface area contributed by atoms with Crippen LogP contribution in [0.4, 0.5) is 0 Å². The first kappa shape index (κ1) is 8.57. The van der Waals surface area contributed by atoms with Gasteiger partial charge in [0.1, 0.15) is 6.10 Å². The highest BCUT2D eigenvalue weighted by atomic mass is 16.5. The molecule has 0 bridgehead atoms. The van der Waals surface area contributed by atoms with Gasteiger partial charge in [-0.2, -0.15) is 0 Å². The van der Waals surface area contributed by atoms with Crippen LogP contribution in [-0.4, -0.2) is 12.1 Å². The third-order valence-corrected chi connectivity index (χ3v) is 2.29. The highest BCUT2D eigenvalue weighted by Crippen LogP contribution is 2.25. The first-order valence-electron chi connectivity index (χ1n) is 4.30. The Morgan fingerprint density at radius 3 is 2.64 bits per heavy atom. The molecule has 1 saturated heterocycles. The maximum atomic E-state index is 10.9. The summed E-state index contributed by atoms with van der Waals surface area (Å²) in [4.78, 5) is 10.9. The lowest BCUT2D eigenvalue weighted by Gasteiger charge is -2.31. The Hall–Kier alpha value is -0.530. The molecule has 0 saturated carbocycles. The van der Waals surface area contributed by atoms with E-state index in [9.17, 15) is 4.79 Å². The molecule has 0 N–H and O–H groups in total. The maximum absolute atomic E-state index is 10.9. The number of cyclic esters (lactones) is 1. The first-order chi connectivity index (χ1) is 5.11. The number of rotatable bonds is 1. The van der Waals surface area contributed by atoms with Gasteiger partial charge in [0.2, 0.25) is 0 Å². The lowest BCUT2D eigenvalue weighted by atomic mass is 9.89. The van der Waals surface area contributed by atoms with Crippen molar-refractivity contribution >= 4 is 5.97 Å². The normalized spacial score (nSPS) is 32.2. The molecule has 1 fully saturated rings. The molecule has 0 radical (unpaired) electrons. The molecule has 0 aromatic heterocycles. The summed E-state index contributed by atoms with van der Waals surface area (Å²) in [5.74, 6) is 0.962. The van der Waals surface area contributed by atoms with E-state index in [1.807, 2.05) is 0 Å². The van der Waals surface area contributed by atoms with Crippen molar-refractivity contribution in [3.8, 4) is 0 Å². The highest BCUT2D eigenvalue weighted by molar-refractivity contribution is 5.70. The molecular weight excluding hydrogens is 140 g/mol. The van der Waals surface area contributed by atoms with Gasteiger partial charge in [0.15, 0.2) is 0 Å². The molecule has 1 aliphatic rings. The Kier molecular flexibility index (Phi) is 2.53. The number of esters is 1. The summed E-state index contributed by atoms with van der Waals surface area (Å²) in [6, 6.07) is 0. The molecule has 2 nitrogen and oxygen atoms in total. The van der Waals surface area contributed by atoms with Gasteiger partial charge in [-0.25, -0.2) is 0 Å². The van der Waals surface area contributed by atoms with Crippen LogP contribution in [0.25, 0.3) is 0 Å². The van der Waals surface area contributed by atoms with Gasteiger partial charge in [-0.05, 0) is 18.3 Å². The molecule has 0 amide bonds. The quantitative estimate of drug-likeness (QED) is 0.543. The predicted octanol–water partition coefficient (Wildman–Crippen LogP) is 1.98. The standard InChI is InChI=1S/C9H16O2/c1-6(2)9-7(3)4-5-8(10)11-9/h6-7,9H,4-5H2,1-3H3/t7-,9-/m1/s1. The van der Waals surface area contributed by atoms with Gasteiger partial charge in [0.25, 0.3) is 0 Å². The van der Waals surface area contributed by atoms with Crippen LogP contribution in [0.15, 0.2) is 0 Å². The minimum absolute atomic E-state index is 0.0261. The summed E-state index contributed by atoms with van der Waals surface area (Å²) in [7, 11) is 0. The van der Waals surface area contributed by atoms with Crippen molar-refractivity contribution < 1.29 is 9.53 Å². The second-order valence-corrected chi connectivity index (χ2v) is 3.71. The predicted molar refractivity (Wildman–Crippen MR) is 43.1 cm³/mol. The van der Waals surface area contributed by atoms with E-state index in [2.05, 4.69) is 20.8 Å². The molecule has 0 aromatic carbocycles. The van der Waals surface area contributed by atoms with Crippen molar-refractivity contribution in [3.63, 3.8) is 0 Å². The summed E-state index contributed by atoms with van der Waals surface area (Å²) >= 11 is 0. The number of hydrogen-bond donors (Lipinski definition) is 0. The molecule has 0 aromatic rings. The van der Waals surface area contributed by atoms with E-state index in [1.165, 1.54) is 0 Å². The van der Waals surface area contributed by atoms with Gasteiger partial charge in [-0.3, -0.25) is 4.79 Å². The van der Waals surface area contributed by atoms with Crippen LogP contribution in [0.1, 0.15) is 33.6 Å². The molecule has 1 aliphatic heterocycles. The van der Waals surface area contributed by atoms with E-state index in [0.717, 1.165) is 6.42 Å². The van der Waals surface area contributed by atoms with Crippen molar-refractivity contribution in [3.05, 3.63) is 0 Å². The monoisotopic (exact) mass is 156 g/mol. The molecule has 0 unspecified atom stereocenters. The van der Waals surface area contributed by atoms with E-state index in [1.54, 1.807) is 0 Å². The van der Waals surface area contributed by atoms with Crippen LogP contribution in [0.3, 0.4) is 0 Å². The van der Waals surface area contributed by atoms with E-state index >= 15 is 0 Å². The van der Waals surface area contributed by atoms with Crippen molar-refractivity contribution in [2.75, 3.05) is 0 Å². The minimum Gasteiger partial charge on any atom is -0.462 e. The molecule has 2 atom stereocenters. The third-order valence-electron chi connectivity index (χ3n) is 2.29. The molecule has 0 spiro atoms. The van der Waals surface area contributed by atoms with Crippen LogP contribution in [-0.2, 0) is 9.53 Å². The van der Waals surface area contributed by atoms with Crippen molar-refractivity contribution in [1.82, 2.24) is 0 Å². The lowest BCUT2D eigenvalue weighted by Crippen LogP contribution is -2.34. The Balaban J connectivity index is 2.54. The van der Waals surface area contributed by atoms with Gasteiger partial charge in [-0.15, -0.1) is 0 Å². The molecule has 1 heterocycles. The van der Waals surface area contributed by atoms with Crippen LogP contribution in [0.2, 0.25) is 0 Å². The van der Waals surface area contributed by atoms with Gasteiger partial charge >= 0.3 is 5.97 Å². The topological polar surface area (TPSA) is 26.3 Å². The molecular formula is C9H16O2. The molecule has 0 aliphatic carbocycles. The minimum atomic E-state index is -0.0261. The van der Waals surface area contributed by atoms with Crippen molar-refractivity contribution in [1.29, 1.82) is 0 Å². The van der Waals surface area contributed by atoms with Crippen LogP contribution in [0, 0.1) is 11.8 Å². The van der Waals surface area contributed by atoms with E-state index in [-0.39, 0.29) is 12.1 Å². The van der Waals surface area contributed by atoms with Crippen LogP contribution < -0.4 is 0 Å². The number of ether oxygens (including phenoxy) is 1. The summed E-state index contributed by atoms with van der Waals surface area (Å²) in [5, 5.41) is 0. The summed E-state index contributed by atoms with van der Waals surface area (Å²) in [5.41, 5.74) is 0. The second-order valence-electron chi connectivity index (χ2n) is 3.71. The van der Waals surface area contributed by atoms with Crippen molar-refractivity contribution in [2.24, 2.45) is 11.8 Å². The van der Waals surface area contributed by atoms with Crippen LogP contribution >= 0.6 is 0 Å². The molecule has 64 valence electrons. The van der Waals surface area contributed by atoms with E-state index < -0.39 is 0 Å². The zero-order chi connectivity index (χ0) is 8.43. The average molecular weight is 156 g/mol. The molecule has 2 heteroatoms. The summed E-state index contributed by atoms with van der Waals surface area (Å²) in [6.07, 6.45) is 1.74. The average Bonchev–Trinajstić information content (AvgIpc) is 1.94. The third kappa shape index (κ3) is 1.95.